The molecule has 0 aliphatic carbocycles. The molecule has 142 valence electrons. The van der Waals surface area contributed by atoms with E-state index in [0.29, 0.717) is 28.7 Å². The highest BCUT2D eigenvalue weighted by molar-refractivity contribution is 7.90. The fraction of sp³-hybridized carbons (Fsp3) is 0.188. The highest BCUT2D eigenvalue weighted by Crippen LogP contribution is 2.27. The Kier molecular flexibility index (Phi) is 4.86. The van der Waals surface area contributed by atoms with Gasteiger partial charge in [0.25, 0.3) is 0 Å². The molecular formula is C16H19N7O3S. The van der Waals surface area contributed by atoms with Crippen molar-refractivity contribution in [2.45, 2.75) is 4.90 Å². The average molecular weight is 389 g/mol. The first kappa shape index (κ1) is 18.5. The topological polar surface area (TPSA) is 130 Å². The van der Waals surface area contributed by atoms with E-state index in [9.17, 15) is 13.2 Å². The molecule has 27 heavy (non-hydrogen) atoms. The van der Waals surface area contributed by atoms with Crippen LogP contribution in [0.15, 0.2) is 41.4 Å². The van der Waals surface area contributed by atoms with Gasteiger partial charge < -0.3 is 21.3 Å². The number of amides is 2. The monoisotopic (exact) mass is 389 g/mol. The summed E-state index contributed by atoms with van der Waals surface area (Å²) in [6.07, 6.45) is 2.62. The minimum Gasteiger partial charge on any atom is -0.373 e. The van der Waals surface area contributed by atoms with Crippen LogP contribution in [0.2, 0.25) is 0 Å². The van der Waals surface area contributed by atoms with Crippen LogP contribution in [-0.4, -0.2) is 49.4 Å². The van der Waals surface area contributed by atoms with E-state index in [4.69, 9.17) is 0 Å². The lowest BCUT2D eigenvalue weighted by Crippen LogP contribution is -2.24. The van der Waals surface area contributed by atoms with Crippen LogP contribution in [0.4, 0.5) is 27.8 Å². The zero-order valence-corrected chi connectivity index (χ0v) is 15.8. The van der Waals surface area contributed by atoms with E-state index in [1.807, 2.05) is 0 Å². The molecule has 10 nitrogen and oxygen atoms in total. The summed E-state index contributed by atoms with van der Waals surface area (Å²) < 4.78 is 25.5. The van der Waals surface area contributed by atoms with Gasteiger partial charge in [-0.25, -0.2) is 18.2 Å². The van der Waals surface area contributed by atoms with Gasteiger partial charge in [0.2, 0.25) is 0 Å². The number of hydrogen-bond donors (Lipinski definition) is 4. The van der Waals surface area contributed by atoms with E-state index < -0.39 is 15.9 Å². The molecule has 2 amide bonds. The number of carbonyl (C=O) groups is 1. The normalized spacial score (nSPS) is 11.2. The number of hydrogen-bond acceptors (Lipinski definition) is 7. The molecule has 4 N–H and O–H groups in total. The second kappa shape index (κ2) is 7.11. The molecule has 0 saturated carbocycles. The minimum absolute atomic E-state index is 0.162. The standard InChI is InChI=1S/C16H19N7O3S/c1-17-14-8-13(20-10-6-4-5-7-12(10)27(3,25)26)22-15-11(9-19-23(14)15)21-16(24)18-2/h4-9,17H,1-3H3,(H,20,22)(H2,18,21,24). The summed E-state index contributed by atoms with van der Waals surface area (Å²) in [7, 11) is -0.196. The van der Waals surface area contributed by atoms with Gasteiger partial charge in [0.1, 0.15) is 17.3 Å². The van der Waals surface area contributed by atoms with Crippen LogP contribution in [0.25, 0.3) is 5.65 Å². The van der Waals surface area contributed by atoms with Crippen molar-refractivity contribution in [3.8, 4) is 0 Å². The van der Waals surface area contributed by atoms with Crippen LogP contribution < -0.4 is 21.3 Å². The smallest absolute Gasteiger partial charge is 0.319 e. The van der Waals surface area contributed by atoms with Gasteiger partial charge in [-0.2, -0.15) is 9.61 Å². The molecule has 0 atom stereocenters. The zero-order chi connectivity index (χ0) is 19.6. The van der Waals surface area contributed by atoms with Crippen LogP contribution in [-0.2, 0) is 9.84 Å². The Labute approximate surface area is 155 Å². The molecule has 1 aromatic carbocycles. The lowest BCUT2D eigenvalue weighted by Gasteiger charge is -2.12. The first-order chi connectivity index (χ1) is 12.8. The third kappa shape index (κ3) is 3.77. The van der Waals surface area contributed by atoms with Crippen LogP contribution in [0, 0.1) is 0 Å². The van der Waals surface area contributed by atoms with Gasteiger partial charge in [-0.3, -0.25) is 0 Å². The SMILES string of the molecule is CNC(=O)Nc1cnn2c(NC)cc(Nc3ccccc3S(C)(=O)=O)nc12. The van der Waals surface area contributed by atoms with Crippen LogP contribution in [0.5, 0.6) is 0 Å². The van der Waals surface area contributed by atoms with Gasteiger partial charge in [-0.1, -0.05) is 12.1 Å². The molecule has 0 fully saturated rings. The Balaban J connectivity index is 2.08. The van der Waals surface area contributed by atoms with Gasteiger partial charge in [-0.05, 0) is 12.1 Å². The fourth-order valence-corrected chi connectivity index (χ4v) is 3.35. The molecule has 0 aliphatic rings. The van der Waals surface area contributed by atoms with Gasteiger partial charge >= 0.3 is 6.03 Å². The highest BCUT2D eigenvalue weighted by Gasteiger charge is 2.16. The van der Waals surface area contributed by atoms with Gasteiger partial charge in [0, 0.05) is 26.4 Å². The van der Waals surface area contributed by atoms with E-state index >= 15 is 0 Å². The fourth-order valence-electron chi connectivity index (χ4n) is 2.51. The molecule has 3 aromatic rings. The highest BCUT2D eigenvalue weighted by atomic mass is 32.2. The molecule has 0 radical (unpaired) electrons. The number of benzene rings is 1. The largest absolute Gasteiger partial charge is 0.373 e. The van der Waals surface area contributed by atoms with E-state index in [2.05, 4.69) is 31.3 Å². The maximum absolute atomic E-state index is 12.0. The number of urea groups is 1. The molecular weight excluding hydrogens is 370 g/mol. The molecule has 3 rings (SSSR count). The molecule has 0 saturated heterocycles. The number of carbonyl (C=O) groups excluding carboxylic acids is 1. The van der Waals surface area contributed by atoms with Crippen molar-refractivity contribution in [2.24, 2.45) is 0 Å². The molecule has 0 aliphatic heterocycles. The van der Waals surface area contributed by atoms with E-state index in [1.54, 1.807) is 31.3 Å². The summed E-state index contributed by atoms with van der Waals surface area (Å²) >= 11 is 0. The quantitative estimate of drug-likeness (QED) is 0.522. The Morgan fingerprint density at radius 2 is 1.89 bits per heavy atom. The molecule has 2 aromatic heterocycles. The average Bonchev–Trinajstić information content (AvgIpc) is 3.03. The first-order valence-corrected chi connectivity index (χ1v) is 9.84. The molecule has 0 unspecified atom stereocenters. The summed E-state index contributed by atoms with van der Waals surface area (Å²) in [6.45, 7) is 0. The third-order valence-corrected chi connectivity index (χ3v) is 4.91. The number of fused-ring (bicyclic) bond motifs is 1. The lowest BCUT2D eigenvalue weighted by atomic mass is 10.3. The Hall–Kier alpha value is -3.34. The number of nitrogens with zero attached hydrogens (tertiary/aromatic N) is 3. The number of para-hydroxylation sites is 1. The van der Waals surface area contributed by atoms with Crippen LogP contribution >= 0.6 is 0 Å². The summed E-state index contributed by atoms with van der Waals surface area (Å²) in [5.74, 6) is 0.993. The summed E-state index contributed by atoms with van der Waals surface area (Å²) in [5.41, 5.74) is 1.20. The van der Waals surface area contributed by atoms with Crippen LogP contribution in [0.3, 0.4) is 0 Å². The Bertz CT molecular complexity index is 1110. The number of rotatable bonds is 5. The second-order valence-corrected chi connectivity index (χ2v) is 7.65. The van der Waals surface area contributed by atoms with Crippen molar-refractivity contribution in [3.05, 3.63) is 36.5 Å². The number of nitrogens with one attached hydrogen (secondary N) is 4. The van der Waals surface area contributed by atoms with Gasteiger partial charge in [-0.15, -0.1) is 0 Å². The first-order valence-electron chi connectivity index (χ1n) is 7.95. The predicted molar refractivity (Wildman–Crippen MR) is 103 cm³/mol. The Morgan fingerprint density at radius 1 is 1.15 bits per heavy atom. The van der Waals surface area contributed by atoms with Crippen molar-refractivity contribution in [3.63, 3.8) is 0 Å². The second-order valence-electron chi connectivity index (χ2n) is 5.67. The van der Waals surface area contributed by atoms with Gasteiger partial charge in [0.15, 0.2) is 15.5 Å². The van der Waals surface area contributed by atoms with E-state index in [1.165, 1.54) is 23.8 Å². The van der Waals surface area contributed by atoms with Gasteiger partial charge in [0.05, 0.1) is 16.8 Å². The van der Waals surface area contributed by atoms with Crippen LogP contribution in [0.1, 0.15) is 0 Å². The lowest BCUT2D eigenvalue weighted by molar-refractivity contribution is 0.254. The third-order valence-electron chi connectivity index (χ3n) is 3.75. The van der Waals surface area contributed by atoms with E-state index in [-0.39, 0.29) is 4.90 Å². The van der Waals surface area contributed by atoms with Crippen molar-refractivity contribution in [2.75, 3.05) is 36.3 Å². The zero-order valence-electron chi connectivity index (χ0n) is 14.9. The molecule has 0 spiro atoms. The number of anilines is 4. The van der Waals surface area contributed by atoms with E-state index in [0.717, 1.165) is 6.26 Å². The molecule has 11 heteroatoms. The summed E-state index contributed by atoms with van der Waals surface area (Å²) in [4.78, 5) is 16.2. The van der Waals surface area contributed by atoms with Crippen molar-refractivity contribution < 1.29 is 13.2 Å². The summed E-state index contributed by atoms with van der Waals surface area (Å²) in [6, 6.07) is 7.83. The number of sulfone groups is 1. The van der Waals surface area contributed by atoms with Crippen molar-refractivity contribution in [1.29, 1.82) is 0 Å². The summed E-state index contributed by atoms with van der Waals surface area (Å²) in [5, 5.41) is 15.3. The van der Waals surface area contributed by atoms with Crippen molar-refractivity contribution in [1.82, 2.24) is 19.9 Å². The Morgan fingerprint density at radius 3 is 2.56 bits per heavy atom. The maximum Gasteiger partial charge on any atom is 0.319 e. The number of aromatic nitrogens is 3. The minimum atomic E-state index is -3.42. The molecule has 2 heterocycles. The predicted octanol–water partition coefficient (Wildman–Crippen LogP) is 1.67. The maximum atomic E-state index is 12.0. The van der Waals surface area contributed by atoms with Crippen molar-refractivity contribution >= 4 is 44.5 Å². The molecule has 0 bridgehead atoms.